The lowest BCUT2D eigenvalue weighted by atomic mass is 9.97. The van der Waals surface area contributed by atoms with Gasteiger partial charge in [-0.25, -0.2) is 8.42 Å². The van der Waals surface area contributed by atoms with Gasteiger partial charge in [-0.1, -0.05) is 13.8 Å². The van der Waals surface area contributed by atoms with Crippen LogP contribution in [0.5, 0.6) is 0 Å². The summed E-state index contributed by atoms with van der Waals surface area (Å²) in [6, 6.07) is 3.48. The third kappa shape index (κ3) is 3.28. The highest BCUT2D eigenvalue weighted by Crippen LogP contribution is 2.20. The van der Waals surface area contributed by atoms with E-state index in [9.17, 15) is 8.42 Å². The summed E-state index contributed by atoms with van der Waals surface area (Å²) >= 11 is 3.17. The normalized spacial score (nSPS) is 12.1. The zero-order valence-corrected chi connectivity index (χ0v) is 12.5. The molecule has 0 aromatic carbocycles. The Morgan fingerprint density at radius 2 is 2.06 bits per heavy atom. The van der Waals surface area contributed by atoms with Crippen LogP contribution in [0.1, 0.15) is 26.7 Å². The van der Waals surface area contributed by atoms with Gasteiger partial charge in [-0.3, -0.25) is 4.98 Å². The summed E-state index contributed by atoms with van der Waals surface area (Å²) in [5.74, 6) is 0. The Morgan fingerprint density at radius 1 is 1.44 bits per heavy atom. The van der Waals surface area contributed by atoms with Crippen LogP contribution in [0.4, 0.5) is 0 Å². The molecule has 1 heterocycles. The van der Waals surface area contributed by atoms with E-state index in [1.165, 1.54) is 18.5 Å². The summed E-state index contributed by atoms with van der Waals surface area (Å²) in [5.41, 5.74) is -1.07. The van der Waals surface area contributed by atoms with E-state index >= 15 is 0 Å². The number of nitrogens with one attached hydrogen (secondary N) is 1. The maximum Gasteiger partial charge on any atom is 0.243 e. The van der Waals surface area contributed by atoms with Crippen molar-refractivity contribution in [3.05, 3.63) is 22.9 Å². The molecule has 0 fully saturated rings. The summed E-state index contributed by atoms with van der Waals surface area (Å²) < 4.78 is 27.3. The van der Waals surface area contributed by atoms with Gasteiger partial charge < -0.3 is 0 Å². The molecule has 0 spiro atoms. The molecule has 0 bridgehead atoms. The summed E-state index contributed by atoms with van der Waals surface area (Å²) in [4.78, 5) is 3.85. The Labute approximate surface area is 115 Å². The van der Waals surface area contributed by atoms with E-state index in [1.807, 2.05) is 6.07 Å². The topological polar surface area (TPSA) is 82.9 Å². The zero-order chi connectivity index (χ0) is 13.8. The van der Waals surface area contributed by atoms with Gasteiger partial charge in [0.05, 0.1) is 6.07 Å². The van der Waals surface area contributed by atoms with E-state index in [4.69, 9.17) is 5.26 Å². The van der Waals surface area contributed by atoms with Crippen LogP contribution in [-0.2, 0) is 10.0 Å². The molecular formula is C11H14BrN3O2S. The number of rotatable bonds is 5. The fourth-order valence-corrected chi connectivity index (χ4v) is 3.40. The number of halogens is 1. The predicted molar refractivity (Wildman–Crippen MR) is 71.2 cm³/mol. The molecule has 0 saturated carbocycles. The lowest BCUT2D eigenvalue weighted by Crippen LogP contribution is -2.46. The molecule has 7 heteroatoms. The Morgan fingerprint density at radius 3 is 2.50 bits per heavy atom. The largest absolute Gasteiger partial charge is 0.262 e. The molecule has 0 saturated heterocycles. The first-order valence-corrected chi connectivity index (χ1v) is 7.72. The Balaban J connectivity index is 3.13. The average molecular weight is 332 g/mol. The predicted octanol–water partition coefficient (Wildman–Crippen LogP) is 2.20. The minimum absolute atomic E-state index is 0.0402. The summed E-state index contributed by atoms with van der Waals surface area (Å²) in [7, 11) is -3.74. The first-order chi connectivity index (χ1) is 8.39. The fourth-order valence-electron chi connectivity index (χ4n) is 1.43. The standard InChI is InChI=1S/C11H14BrN3O2S/c1-3-11(4-2,8-13)15-18(16,17)10-5-9(12)6-14-7-10/h5-7,15H,3-4H2,1-2H3. The van der Waals surface area contributed by atoms with Crippen LogP contribution in [0.25, 0.3) is 0 Å². The molecule has 0 aliphatic carbocycles. The zero-order valence-electron chi connectivity index (χ0n) is 10.1. The number of pyridine rings is 1. The fraction of sp³-hybridized carbons (Fsp3) is 0.455. The molecule has 18 heavy (non-hydrogen) atoms. The molecule has 1 aromatic heterocycles. The molecule has 0 unspecified atom stereocenters. The monoisotopic (exact) mass is 331 g/mol. The van der Waals surface area contributed by atoms with Gasteiger partial charge in [-0.2, -0.15) is 9.98 Å². The van der Waals surface area contributed by atoms with Crippen LogP contribution in [-0.4, -0.2) is 18.9 Å². The molecule has 0 atom stereocenters. The van der Waals surface area contributed by atoms with Crippen molar-refractivity contribution in [2.24, 2.45) is 0 Å². The summed E-state index contributed by atoms with van der Waals surface area (Å²) in [6.07, 6.45) is 3.55. The molecule has 5 nitrogen and oxygen atoms in total. The summed E-state index contributed by atoms with van der Waals surface area (Å²) in [6.45, 7) is 3.54. The molecule has 0 radical (unpaired) electrons. The van der Waals surface area contributed by atoms with Crippen LogP contribution in [0.15, 0.2) is 27.8 Å². The van der Waals surface area contributed by atoms with Crippen LogP contribution in [0.3, 0.4) is 0 Å². The SMILES string of the molecule is CCC(C#N)(CC)NS(=O)(=O)c1cncc(Br)c1. The number of hydrogen-bond acceptors (Lipinski definition) is 4. The van der Waals surface area contributed by atoms with Gasteiger partial charge in [-0.05, 0) is 34.8 Å². The minimum Gasteiger partial charge on any atom is -0.262 e. The van der Waals surface area contributed by atoms with E-state index in [2.05, 4.69) is 25.6 Å². The van der Waals surface area contributed by atoms with Crippen molar-refractivity contribution in [2.45, 2.75) is 37.1 Å². The van der Waals surface area contributed by atoms with Crippen molar-refractivity contribution < 1.29 is 8.42 Å². The van der Waals surface area contributed by atoms with Gasteiger partial charge in [-0.15, -0.1) is 0 Å². The van der Waals surface area contributed by atoms with Crippen LogP contribution >= 0.6 is 15.9 Å². The van der Waals surface area contributed by atoms with Gasteiger partial charge in [0.2, 0.25) is 10.0 Å². The average Bonchev–Trinajstić information content (AvgIpc) is 2.36. The van der Waals surface area contributed by atoms with E-state index < -0.39 is 15.6 Å². The second kappa shape index (κ2) is 5.78. The maximum atomic E-state index is 12.2. The van der Waals surface area contributed by atoms with Crippen LogP contribution < -0.4 is 4.72 Å². The molecule has 1 N–H and O–H groups in total. The molecule has 1 aromatic rings. The summed E-state index contributed by atoms with van der Waals surface area (Å²) in [5, 5.41) is 9.14. The number of nitriles is 1. The van der Waals surface area contributed by atoms with Crippen LogP contribution in [0.2, 0.25) is 0 Å². The second-order valence-electron chi connectivity index (χ2n) is 3.85. The molecule has 0 aliphatic rings. The van der Waals surface area contributed by atoms with E-state index in [0.29, 0.717) is 17.3 Å². The van der Waals surface area contributed by atoms with Crippen LogP contribution in [0, 0.1) is 11.3 Å². The molecule has 1 rings (SSSR count). The van der Waals surface area contributed by atoms with Gasteiger partial charge in [0.15, 0.2) is 0 Å². The number of hydrogen-bond donors (Lipinski definition) is 1. The Bertz CT molecular complexity index is 562. The first kappa shape index (κ1) is 15.1. The highest BCUT2D eigenvalue weighted by atomic mass is 79.9. The van der Waals surface area contributed by atoms with Gasteiger partial charge in [0.1, 0.15) is 10.4 Å². The van der Waals surface area contributed by atoms with Crippen molar-refractivity contribution >= 4 is 26.0 Å². The van der Waals surface area contributed by atoms with E-state index in [1.54, 1.807) is 13.8 Å². The number of aromatic nitrogens is 1. The maximum absolute atomic E-state index is 12.2. The van der Waals surface area contributed by atoms with Crippen molar-refractivity contribution in [2.75, 3.05) is 0 Å². The third-order valence-electron chi connectivity index (χ3n) is 2.74. The smallest absolute Gasteiger partial charge is 0.243 e. The molecular weight excluding hydrogens is 318 g/mol. The van der Waals surface area contributed by atoms with Gasteiger partial charge in [0.25, 0.3) is 0 Å². The number of sulfonamides is 1. The lowest BCUT2D eigenvalue weighted by molar-refractivity contribution is 0.446. The van der Waals surface area contributed by atoms with Crippen molar-refractivity contribution in [3.8, 4) is 6.07 Å². The van der Waals surface area contributed by atoms with Gasteiger partial charge >= 0.3 is 0 Å². The number of nitrogens with zero attached hydrogens (tertiary/aromatic N) is 2. The van der Waals surface area contributed by atoms with Crippen molar-refractivity contribution in [1.82, 2.24) is 9.71 Å². The Kier molecular flexibility index (Phi) is 4.85. The van der Waals surface area contributed by atoms with E-state index in [-0.39, 0.29) is 4.90 Å². The Hall–Kier alpha value is -0.970. The third-order valence-corrected chi connectivity index (χ3v) is 4.68. The van der Waals surface area contributed by atoms with E-state index in [0.717, 1.165) is 0 Å². The quantitative estimate of drug-likeness (QED) is 0.896. The highest BCUT2D eigenvalue weighted by molar-refractivity contribution is 9.10. The second-order valence-corrected chi connectivity index (χ2v) is 6.44. The minimum atomic E-state index is -3.74. The lowest BCUT2D eigenvalue weighted by Gasteiger charge is -2.24. The molecule has 0 aliphatic heterocycles. The molecule has 0 amide bonds. The molecule has 98 valence electrons. The van der Waals surface area contributed by atoms with Gasteiger partial charge in [0, 0.05) is 16.9 Å². The highest BCUT2D eigenvalue weighted by Gasteiger charge is 2.32. The van der Waals surface area contributed by atoms with Crippen molar-refractivity contribution in [3.63, 3.8) is 0 Å². The van der Waals surface area contributed by atoms with Crippen molar-refractivity contribution in [1.29, 1.82) is 5.26 Å². The first-order valence-electron chi connectivity index (χ1n) is 5.45.